The van der Waals surface area contributed by atoms with Gasteiger partial charge in [0.15, 0.2) is 5.78 Å². The lowest BCUT2D eigenvalue weighted by molar-refractivity contribution is -0.157. The van der Waals surface area contributed by atoms with Gasteiger partial charge in [0.1, 0.15) is 5.78 Å². The first-order valence-corrected chi connectivity index (χ1v) is 14.0. The fraction of sp³-hybridized carbons (Fsp3) is 0.515. The molecule has 0 heterocycles. The molecule has 1 unspecified atom stereocenters. The molecule has 6 atom stereocenters. The van der Waals surface area contributed by atoms with E-state index >= 15 is 0 Å². The van der Waals surface area contributed by atoms with Crippen molar-refractivity contribution in [2.75, 3.05) is 7.11 Å². The molecule has 5 aliphatic rings. The number of methoxy groups -OCH3 is 1. The Morgan fingerprint density at radius 3 is 2.25 bits per heavy atom. The normalized spacial score (nSPS) is 35.8. The third kappa shape index (κ3) is 2.78. The van der Waals surface area contributed by atoms with Gasteiger partial charge in [-0.2, -0.15) is 0 Å². The number of carbonyl (C=O) groups excluding carboxylic acids is 2. The van der Waals surface area contributed by atoms with Crippen molar-refractivity contribution in [3.63, 3.8) is 0 Å². The summed E-state index contributed by atoms with van der Waals surface area (Å²) in [6.07, 6.45) is 9.62. The summed E-state index contributed by atoms with van der Waals surface area (Å²) in [5, 5.41) is 0. The Balaban J connectivity index is 1.37. The summed E-state index contributed by atoms with van der Waals surface area (Å²) in [7, 11) is 1.79. The van der Waals surface area contributed by atoms with Crippen molar-refractivity contribution in [3.8, 4) is 11.1 Å². The van der Waals surface area contributed by atoms with Crippen molar-refractivity contribution in [2.24, 2.45) is 28.6 Å². The van der Waals surface area contributed by atoms with Crippen LogP contribution in [0.5, 0.6) is 0 Å². The van der Waals surface area contributed by atoms with Crippen molar-refractivity contribution >= 4 is 11.6 Å². The SMILES string of the molecule is COC(C1c2ccccc2-c2ccccc21)[C@]12CC[C@H]3[C@@H](C(=O)C=C4CCCC[C@@]43C)[C@@H]1CCC2=O. The van der Waals surface area contributed by atoms with Gasteiger partial charge < -0.3 is 4.74 Å². The molecule has 0 saturated heterocycles. The quantitative estimate of drug-likeness (QED) is 0.480. The van der Waals surface area contributed by atoms with Crippen molar-refractivity contribution in [2.45, 2.75) is 70.3 Å². The first-order valence-electron chi connectivity index (χ1n) is 14.0. The molecule has 3 nitrogen and oxygen atoms in total. The predicted octanol–water partition coefficient (Wildman–Crippen LogP) is 6.90. The van der Waals surface area contributed by atoms with E-state index in [1.807, 2.05) is 6.08 Å². The van der Waals surface area contributed by atoms with Gasteiger partial charge in [-0.1, -0.05) is 67.4 Å². The van der Waals surface area contributed by atoms with E-state index in [1.54, 1.807) is 7.11 Å². The average molecular weight is 481 g/mol. The number of fused-ring (bicyclic) bond motifs is 8. The third-order valence-electron chi connectivity index (χ3n) is 11.1. The van der Waals surface area contributed by atoms with Crippen LogP contribution in [0.1, 0.15) is 75.3 Å². The van der Waals surface area contributed by atoms with Gasteiger partial charge in [0.25, 0.3) is 0 Å². The van der Waals surface area contributed by atoms with Gasteiger partial charge in [-0.3, -0.25) is 9.59 Å². The molecule has 0 bridgehead atoms. The minimum Gasteiger partial charge on any atom is -0.379 e. The van der Waals surface area contributed by atoms with Crippen LogP contribution in [0.25, 0.3) is 11.1 Å². The van der Waals surface area contributed by atoms with E-state index in [-0.39, 0.29) is 29.3 Å². The van der Waals surface area contributed by atoms with E-state index in [4.69, 9.17) is 4.74 Å². The number of rotatable bonds is 3. The smallest absolute Gasteiger partial charge is 0.159 e. The van der Waals surface area contributed by atoms with Crippen LogP contribution in [0.2, 0.25) is 0 Å². The Morgan fingerprint density at radius 2 is 1.56 bits per heavy atom. The van der Waals surface area contributed by atoms with Gasteiger partial charge in [-0.15, -0.1) is 0 Å². The van der Waals surface area contributed by atoms with Gasteiger partial charge in [0.2, 0.25) is 0 Å². The average Bonchev–Trinajstić information content (AvgIpc) is 3.41. The lowest BCUT2D eigenvalue weighted by Gasteiger charge is -2.57. The summed E-state index contributed by atoms with van der Waals surface area (Å²) >= 11 is 0. The Morgan fingerprint density at radius 1 is 0.861 bits per heavy atom. The first kappa shape index (κ1) is 22.7. The zero-order chi connectivity index (χ0) is 24.7. The fourth-order valence-electron chi connectivity index (χ4n) is 9.63. The molecular formula is C33H36O3. The van der Waals surface area contributed by atoms with Crippen LogP contribution in [0, 0.1) is 28.6 Å². The zero-order valence-corrected chi connectivity index (χ0v) is 21.5. The largest absolute Gasteiger partial charge is 0.379 e. The van der Waals surface area contributed by atoms with Gasteiger partial charge >= 0.3 is 0 Å². The highest BCUT2D eigenvalue weighted by Gasteiger charge is 2.66. The highest BCUT2D eigenvalue weighted by molar-refractivity contribution is 5.97. The van der Waals surface area contributed by atoms with Gasteiger partial charge in [0.05, 0.1) is 11.5 Å². The summed E-state index contributed by atoms with van der Waals surface area (Å²) in [5.74, 6) is 1.00. The Kier molecular flexibility index (Phi) is 5.03. The second-order valence-electron chi connectivity index (χ2n) is 12.3. The van der Waals surface area contributed by atoms with Crippen LogP contribution in [0.3, 0.4) is 0 Å². The molecule has 36 heavy (non-hydrogen) atoms. The van der Waals surface area contributed by atoms with Crippen molar-refractivity contribution in [1.29, 1.82) is 0 Å². The summed E-state index contributed by atoms with van der Waals surface area (Å²) in [5.41, 5.74) is 5.93. The first-order chi connectivity index (χ1) is 17.5. The Labute approximate surface area is 214 Å². The topological polar surface area (TPSA) is 43.4 Å². The van der Waals surface area contributed by atoms with Gasteiger partial charge in [-0.25, -0.2) is 0 Å². The summed E-state index contributed by atoms with van der Waals surface area (Å²) < 4.78 is 6.46. The molecule has 3 saturated carbocycles. The highest BCUT2D eigenvalue weighted by Crippen LogP contribution is 2.66. The fourth-order valence-corrected chi connectivity index (χ4v) is 9.63. The van der Waals surface area contributed by atoms with E-state index in [9.17, 15) is 9.59 Å². The number of benzene rings is 2. The molecule has 0 spiro atoms. The predicted molar refractivity (Wildman–Crippen MR) is 141 cm³/mol. The third-order valence-corrected chi connectivity index (χ3v) is 11.1. The molecule has 0 aromatic heterocycles. The molecule has 186 valence electrons. The second kappa shape index (κ2) is 7.99. The molecule has 7 rings (SSSR count). The highest BCUT2D eigenvalue weighted by atomic mass is 16.5. The standard InChI is InChI=1S/C33H36O3/c1-32-17-8-7-9-20(32)19-27(34)30-25(32)16-18-33(26(30)14-15-28(33)35)31(36-2)29-23-12-5-3-10-21(23)22-11-4-6-13-24(22)29/h3-6,10-13,19,25-26,29-31H,7-9,14-18H2,1-2H3/t25-,26-,30+,31?,32-,33+/m0/s1. The van der Waals surface area contributed by atoms with Crippen LogP contribution in [0.4, 0.5) is 0 Å². The van der Waals surface area contributed by atoms with E-state index in [1.165, 1.54) is 47.1 Å². The molecule has 0 aliphatic heterocycles. The number of ketones is 2. The number of Topliss-reactive ketones (excluding diaryl/α,β-unsaturated/α-hetero) is 1. The number of ether oxygens (including phenoxy) is 1. The summed E-state index contributed by atoms with van der Waals surface area (Å²) in [4.78, 5) is 27.9. The van der Waals surface area contributed by atoms with Crippen LogP contribution in [-0.4, -0.2) is 24.8 Å². The Bertz CT molecular complexity index is 1240. The van der Waals surface area contributed by atoms with Crippen molar-refractivity contribution in [1.82, 2.24) is 0 Å². The van der Waals surface area contributed by atoms with Crippen LogP contribution < -0.4 is 0 Å². The molecule has 0 radical (unpaired) electrons. The van der Waals surface area contributed by atoms with Crippen LogP contribution in [-0.2, 0) is 14.3 Å². The maximum atomic E-state index is 14.0. The molecule has 5 aliphatic carbocycles. The number of carbonyl (C=O) groups is 2. The summed E-state index contributed by atoms with van der Waals surface area (Å²) in [6, 6.07) is 17.2. The monoisotopic (exact) mass is 480 g/mol. The van der Waals surface area contributed by atoms with Crippen LogP contribution >= 0.6 is 0 Å². The molecule has 0 N–H and O–H groups in total. The second-order valence-corrected chi connectivity index (χ2v) is 12.3. The lowest BCUT2D eigenvalue weighted by atomic mass is 9.46. The molecule has 0 amide bonds. The van der Waals surface area contributed by atoms with E-state index < -0.39 is 5.41 Å². The zero-order valence-electron chi connectivity index (χ0n) is 21.5. The van der Waals surface area contributed by atoms with Gasteiger partial charge in [0, 0.05) is 25.4 Å². The minimum absolute atomic E-state index is 0.0126. The Hall–Kier alpha value is -2.52. The maximum absolute atomic E-state index is 14.0. The summed E-state index contributed by atoms with van der Waals surface area (Å²) in [6.45, 7) is 2.42. The van der Waals surface area contributed by atoms with Crippen molar-refractivity contribution in [3.05, 3.63) is 71.3 Å². The van der Waals surface area contributed by atoms with E-state index in [2.05, 4.69) is 55.5 Å². The van der Waals surface area contributed by atoms with E-state index in [0.717, 1.165) is 25.7 Å². The van der Waals surface area contributed by atoms with Gasteiger partial charge in [-0.05, 0) is 84.1 Å². The van der Waals surface area contributed by atoms with E-state index in [0.29, 0.717) is 23.9 Å². The molecule has 3 heteroatoms. The molecule has 2 aromatic carbocycles. The number of hydrogen-bond donors (Lipinski definition) is 0. The maximum Gasteiger partial charge on any atom is 0.159 e. The number of hydrogen-bond acceptors (Lipinski definition) is 3. The molecule has 2 aromatic rings. The lowest BCUT2D eigenvalue weighted by Crippen LogP contribution is -2.58. The molecular weight excluding hydrogens is 444 g/mol. The number of allylic oxidation sites excluding steroid dienone is 2. The van der Waals surface area contributed by atoms with Crippen LogP contribution in [0.15, 0.2) is 60.2 Å². The molecule has 3 fully saturated rings. The minimum atomic E-state index is -0.600. The van der Waals surface area contributed by atoms with Crippen molar-refractivity contribution < 1.29 is 14.3 Å².